The SMILES string of the molecule is CCCCc1nn(-c2nc(O)nc(-n3nc(CCCC)c(N=Nc4[nH]ncc4C(=O)O)c3N)n2)c(N)c1N=Nc1[nH]ncc1C(=O)O. The van der Waals surface area contributed by atoms with Gasteiger partial charge in [0, 0.05) is 0 Å². The lowest BCUT2D eigenvalue weighted by atomic mass is 10.2. The lowest BCUT2D eigenvalue weighted by molar-refractivity contribution is 0.0687. The van der Waals surface area contributed by atoms with Crippen LogP contribution in [-0.2, 0) is 12.8 Å². The van der Waals surface area contributed by atoms with Crippen LogP contribution in [0.1, 0.15) is 71.6 Å². The van der Waals surface area contributed by atoms with E-state index in [0.717, 1.165) is 34.6 Å². The van der Waals surface area contributed by atoms with Gasteiger partial charge in [0.15, 0.2) is 34.6 Å². The van der Waals surface area contributed by atoms with Gasteiger partial charge in [-0.2, -0.15) is 44.7 Å². The molecule has 47 heavy (non-hydrogen) atoms. The third kappa shape index (κ3) is 6.59. The van der Waals surface area contributed by atoms with Gasteiger partial charge in [0.2, 0.25) is 0 Å². The summed E-state index contributed by atoms with van der Waals surface area (Å²) in [4.78, 5) is 35.3. The Morgan fingerprint density at radius 3 is 1.55 bits per heavy atom. The number of hydrogen-bond donors (Lipinski definition) is 7. The molecule has 5 rings (SSSR count). The van der Waals surface area contributed by atoms with E-state index in [4.69, 9.17) is 11.5 Å². The zero-order chi connectivity index (χ0) is 33.7. The van der Waals surface area contributed by atoms with E-state index in [1.54, 1.807) is 0 Å². The third-order valence-electron chi connectivity index (χ3n) is 6.64. The zero-order valence-electron chi connectivity index (χ0n) is 25.0. The van der Waals surface area contributed by atoms with Gasteiger partial charge in [-0.15, -0.1) is 20.5 Å². The van der Waals surface area contributed by atoms with E-state index < -0.39 is 17.9 Å². The molecule has 0 bridgehead atoms. The van der Waals surface area contributed by atoms with E-state index in [2.05, 4.69) is 66.0 Å². The number of aromatic amines is 2. The molecule has 22 nitrogen and oxygen atoms in total. The van der Waals surface area contributed by atoms with Gasteiger partial charge < -0.3 is 26.8 Å². The Kier molecular flexibility index (Phi) is 9.19. The van der Waals surface area contributed by atoms with Gasteiger partial charge >= 0.3 is 17.9 Å². The molecule has 0 unspecified atom stereocenters. The van der Waals surface area contributed by atoms with Crippen LogP contribution in [-0.4, -0.2) is 82.2 Å². The van der Waals surface area contributed by atoms with Crippen molar-refractivity contribution < 1.29 is 24.9 Å². The molecule has 244 valence electrons. The van der Waals surface area contributed by atoms with E-state index in [1.165, 1.54) is 0 Å². The molecule has 0 saturated heterocycles. The molecule has 0 saturated carbocycles. The van der Waals surface area contributed by atoms with Crippen molar-refractivity contribution in [1.82, 2.24) is 54.9 Å². The first-order valence-electron chi connectivity index (χ1n) is 14.2. The van der Waals surface area contributed by atoms with Gasteiger partial charge in [-0.1, -0.05) is 26.7 Å². The van der Waals surface area contributed by atoms with Crippen molar-refractivity contribution in [3.8, 4) is 17.9 Å². The molecule has 0 radical (unpaired) electrons. The van der Waals surface area contributed by atoms with Crippen LogP contribution in [0.2, 0.25) is 0 Å². The summed E-state index contributed by atoms with van der Waals surface area (Å²) in [6.45, 7) is 3.97. The summed E-state index contributed by atoms with van der Waals surface area (Å²) in [6, 6.07) is -0.710. The highest BCUT2D eigenvalue weighted by atomic mass is 16.4. The van der Waals surface area contributed by atoms with E-state index >= 15 is 0 Å². The average Bonchev–Trinajstić information content (AvgIpc) is 3.83. The predicted molar refractivity (Wildman–Crippen MR) is 161 cm³/mol. The second-order valence-corrected chi connectivity index (χ2v) is 9.90. The smallest absolute Gasteiger partial charge is 0.341 e. The minimum absolute atomic E-state index is 0.0619. The molecule has 9 N–H and O–H groups in total. The normalized spacial score (nSPS) is 11.7. The van der Waals surface area contributed by atoms with Crippen LogP contribution < -0.4 is 11.5 Å². The molecule has 5 heterocycles. The maximum absolute atomic E-state index is 11.5. The monoisotopic (exact) mass is 647 g/mol. The van der Waals surface area contributed by atoms with Crippen LogP contribution in [0.4, 0.5) is 34.6 Å². The summed E-state index contributed by atoms with van der Waals surface area (Å²) >= 11 is 0. The van der Waals surface area contributed by atoms with E-state index in [0.29, 0.717) is 37.1 Å². The Morgan fingerprint density at radius 1 is 0.745 bits per heavy atom. The van der Waals surface area contributed by atoms with Crippen LogP contribution >= 0.6 is 0 Å². The molecule has 0 aliphatic carbocycles. The van der Waals surface area contributed by atoms with Gasteiger partial charge in [0.25, 0.3) is 11.9 Å². The Balaban J connectivity index is 1.57. The minimum Gasteiger partial charge on any atom is -0.479 e. The third-order valence-corrected chi connectivity index (χ3v) is 6.64. The van der Waals surface area contributed by atoms with Crippen molar-refractivity contribution in [3.05, 3.63) is 34.9 Å². The largest absolute Gasteiger partial charge is 0.479 e. The topological polar surface area (TPSA) is 328 Å². The molecule has 22 heteroatoms. The Bertz CT molecular complexity index is 1850. The van der Waals surface area contributed by atoms with E-state index in [-0.39, 0.29) is 57.7 Å². The maximum Gasteiger partial charge on any atom is 0.341 e. The molecule has 0 fully saturated rings. The number of anilines is 2. The number of aromatic nitrogens is 11. The molecule has 5 aromatic heterocycles. The number of nitrogen functional groups attached to an aromatic ring is 2. The number of aryl methyl sites for hydroxylation is 2. The van der Waals surface area contributed by atoms with Crippen LogP contribution in [0.3, 0.4) is 0 Å². The highest BCUT2D eigenvalue weighted by Crippen LogP contribution is 2.34. The first kappa shape index (κ1) is 31.8. The van der Waals surface area contributed by atoms with Gasteiger partial charge in [0.05, 0.1) is 23.8 Å². The second-order valence-electron chi connectivity index (χ2n) is 9.90. The Hall–Kier alpha value is -6.61. The van der Waals surface area contributed by atoms with Crippen LogP contribution in [0.25, 0.3) is 11.9 Å². The number of carboxylic acids is 2. The summed E-state index contributed by atoms with van der Waals surface area (Å²) in [5.74, 6) is -3.24. The number of H-pyrrole nitrogens is 2. The number of carbonyl (C=O) groups is 2. The Labute approximate surface area is 263 Å². The number of aromatic hydroxyl groups is 1. The first-order valence-corrected chi connectivity index (χ1v) is 14.2. The van der Waals surface area contributed by atoms with Crippen molar-refractivity contribution in [1.29, 1.82) is 0 Å². The van der Waals surface area contributed by atoms with Crippen LogP contribution in [0, 0.1) is 0 Å². The summed E-state index contributed by atoms with van der Waals surface area (Å²) < 4.78 is 2.25. The molecule has 0 aliphatic rings. The lowest BCUT2D eigenvalue weighted by Crippen LogP contribution is -2.13. The number of aromatic carboxylic acids is 2. The fourth-order valence-electron chi connectivity index (χ4n) is 4.25. The summed E-state index contributed by atoms with van der Waals surface area (Å²) in [7, 11) is 0. The number of nitrogens with one attached hydrogen (secondary N) is 2. The summed E-state index contributed by atoms with van der Waals surface area (Å²) in [6.07, 6.45) is 6.13. The van der Waals surface area contributed by atoms with Crippen molar-refractivity contribution in [2.45, 2.75) is 52.4 Å². The zero-order valence-corrected chi connectivity index (χ0v) is 25.0. The second kappa shape index (κ2) is 13.6. The standard InChI is InChI=1S/C25H29N17O5/c1-3-5-7-13-15(33-37-19-11(21(43)44)9-28-35-19)17(26)41(39-13)23-30-24(32-25(47)31-23)42-18(27)16(14(40-42)8-6-4-2)34-38-20-12(22(45)46)10-29-36-20/h9-10H,3-8,26-27H2,1-2H3,(H,28,35)(H,29,36)(H,43,44)(H,45,46)(H,30,31,32,47). The highest BCUT2D eigenvalue weighted by Gasteiger charge is 2.24. The number of nitrogens with two attached hydrogens (primary N) is 2. The van der Waals surface area contributed by atoms with E-state index in [1.807, 2.05) is 13.8 Å². The van der Waals surface area contributed by atoms with Crippen molar-refractivity contribution in [3.63, 3.8) is 0 Å². The van der Waals surface area contributed by atoms with Crippen molar-refractivity contribution >= 4 is 46.6 Å². The summed E-state index contributed by atoms with van der Waals surface area (Å²) in [5, 5.41) is 66.8. The maximum atomic E-state index is 11.5. The van der Waals surface area contributed by atoms with Crippen LogP contribution in [0.15, 0.2) is 32.9 Å². The van der Waals surface area contributed by atoms with Gasteiger partial charge in [-0.05, 0) is 25.7 Å². The quantitative estimate of drug-likeness (QED) is 0.0848. The minimum atomic E-state index is -1.25. The van der Waals surface area contributed by atoms with E-state index in [9.17, 15) is 24.9 Å². The van der Waals surface area contributed by atoms with Gasteiger partial charge in [0.1, 0.15) is 11.1 Å². The predicted octanol–water partition coefficient (Wildman–Crippen LogP) is 3.47. The molecule has 0 atom stereocenters. The molecule has 5 aromatic rings. The van der Waals surface area contributed by atoms with Gasteiger partial charge in [-0.3, -0.25) is 10.2 Å². The number of rotatable bonds is 14. The number of carboxylic acid groups (broad SMARTS) is 2. The highest BCUT2D eigenvalue weighted by molar-refractivity contribution is 5.92. The average molecular weight is 648 g/mol. The molecular weight excluding hydrogens is 618 g/mol. The fraction of sp³-hybridized carbons (Fsp3) is 0.320. The van der Waals surface area contributed by atoms with Crippen LogP contribution in [0.5, 0.6) is 6.01 Å². The number of hydrogen-bond acceptors (Lipinski definition) is 16. The lowest BCUT2D eigenvalue weighted by Gasteiger charge is -2.06. The molecule has 0 amide bonds. The number of nitrogens with zero attached hydrogens (tertiary/aromatic N) is 13. The molecule has 0 spiro atoms. The first-order chi connectivity index (χ1) is 22.6. The number of azo groups is 2. The number of unbranched alkanes of at least 4 members (excludes halogenated alkanes) is 2. The summed E-state index contributed by atoms with van der Waals surface area (Å²) in [5.41, 5.74) is 13.5. The van der Waals surface area contributed by atoms with Gasteiger partial charge in [-0.25, -0.2) is 9.59 Å². The van der Waals surface area contributed by atoms with Crippen molar-refractivity contribution in [2.24, 2.45) is 20.5 Å². The Morgan fingerprint density at radius 2 is 1.17 bits per heavy atom. The molecular formula is C25H29N17O5. The van der Waals surface area contributed by atoms with Crippen molar-refractivity contribution in [2.75, 3.05) is 11.5 Å². The fourth-order valence-corrected chi connectivity index (χ4v) is 4.25. The molecule has 0 aromatic carbocycles. The molecule has 0 aliphatic heterocycles.